The van der Waals surface area contributed by atoms with Crippen molar-refractivity contribution in [3.05, 3.63) is 107 Å². The third kappa shape index (κ3) is 4.08. The predicted octanol–water partition coefficient (Wildman–Crippen LogP) is 3.81. The lowest BCUT2D eigenvalue weighted by molar-refractivity contribution is -0.142. The van der Waals surface area contributed by atoms with Gasteiger partial charge in [0.1, 0.15) is 18.1 Å². The van der Waals surface area contributed by atoms with Crippen LogP contribution in [0.3, 0.4) is 0 Å². The van der Waals surface area contributed by atoms with Crippen molar-refractivity contribution in [2.75, 3.05) is 0 Å². The molecule has 3 heterocycles. The van der Waals surface area contributed by atoms with Crippen LogP contribution in [0.2, 0.25) is 0 Å². The van der Waals surface area contributed by atoms with Crippen LogP contribution in [0, 0.1) is 29.6 Å². The van der Waals surface area contributed by atoms with Gasteiger partial charge in [0, 0.05) is 0 Å². The molecule has 2 aliphatic heterocycles. The fourth-order valence-corrected chi connectivity index (χ4v) is 7.53. The monoisotopic (exact) mass is 550 g/mol. The van der Waals surface area contributed by atoms with E-state index < -0.39 is 29.6 Å². The lowest BCUT2D eigenvalue weighted by Gasteiger charge is -2.43. The number of aliphatic hydroxyl groups is 1. The third-order valence-electron chi connectivity index (χ3n) is 9.34. The zero-order valence-electron chi connectivity index (χ0n) is 22.4. The molecule has 1 N–H and O–H groups in total. The number of allylic oxidation sites excluding steroid dienone is 2. The smallest absolute Gasteiger partial charge is 0.234 e. The molecule has 7 rings (SSSR count). The largest absolute Gasteiger partial charge is 0.463 e. The average Bonchev–Trinajstić information content (AvgIpc) is 3.64. The van der Waals surface area contributed by atoms with Gasteiger partial charge in [0.2, 0.25) is 23.6 Å². The summed E-state index contributed by atoms with van der Waals surface area (Å²) < 4.78 is 5.99. The highest BCUT2D eigenvalue weighted by atomic mass is 16.4. The van der Waals surface area contributed by atoms with E-state index in [0.29, 0.717) is 24.4 Å². The Morgan fingerprint density at radius 3 is 1.85 bits per heavy atom. The van der Waals surface area contributed by atoms with E-state index in [9.17, 15) is 24.3 Å². The molecule has 0 radical (unpaired) electrons. The maximum absolute atomic E-state index is 13.9. The number of imide groups is 2. The van der Waals surface area contributed by atoms with E-state index in [2.05, 4.69) is 0 Å². The number of carbonyl (C=O) groups excluding carboxylic acids is 4. The summed E-state index contributed by atoms with van der Waals surface area (Å²) >= 11 is 0. The molecular formula is C33H30N2O6. The Hall–Kier alpha value is -4.30. The van der Waals surface area contributed by atoms with Crippen molar-refractivity contribution in [2.45, 2.75) is 38.5 Å². The summed E-state index contributed by atoms with van der Waals surface area (Å²) in [5.41, 5.74) is 2.62. The van der Waals surface area contributed by atoms with Crippen molar-refractivity contribution in [3.63, 3.8) is 0 Å². The Labute approximate surface area is 237 Å². The second kappa shape index (κ2) is 9.96. The molecule has 6 unspecified atom stereocenters. The normalized spacial score (nSPS) is 29.0. The molecule has 8 nitrogen and oxygen atoms in total. The van der Waals surface area contributed by atoms with Gasteiger partial charge in [-0.1, -0.05) is 72.3 Å². The van der Waals surface area contributed by atoms with Crippen LogP contribution < -0.4 is 0 Å². The number of amides is 4. The van der Waals surface area contributed by atoms with Crippen LogP contribution in [0.4, 0.5) is 0 Å². The summed E-state index contributed by atoms with van der Waals surface area (Å²) in [6, 6.07) is 22.3. The van der Waals surface area contributed by atoms with Crippen LogP contribution in [0.25, 0.3) is 0 Å². The summed E-state index contributed by atoms with van der Waals surface area (Å²) in [5, 5.41) is 9.68. The molecule has 1 saturated carbocycles. The summed E-state index contributed by atoms with van der Waals surface area (Å²) in [6.07, 6.45) is 2.72. The summed E-state index contributed by atoms with van der Waals surface area (Å²) in [5.74, 6) is -3.34. The van der Waals surface area contributed by atoms with Gasteiger partial charge in [-0.3, -0.25) is 29.0 Å². The molecule has 4 aliphatic rings. The molecule has 8 heteroatoms. The van der Waals surface area contributed by atoms with E-state index >= 15 is 0 Å². The highest BCUT2D eigenvalue weighted by molar-refractivity contribution is 6.07. The number of rotatable bonds is 6. The Morgan fingerprint density at radius 2 is 1.27 bits per heavy atom. The average molecular weight is 551 g/mol. The standard InChI is InChI=1S/C33H30N2O6/c36-18-21-11-14-26(41-21)28-22-12-13-23-27(32(39)34(30(23)37)16-19-7-3-1-4-8-19)24(22)15-25-29(28)33(40)35(31(25)38)17-20-9-5-2-6-10-20/h1-12,14,23-25,27-29,36H,13,15-18H2. The molecule has 2 aromatic carbocycles. The molecule has 0 bridgehead atoms. The van der Waals surface area contributed by atoms with Crippen molar-refractivity contribution >= 4 is 23.6 Å². The minimum absolute atomic E-state index is 0.177. The lowest BCUT2D eigenvalue weighted by atomic mass is 9.58. The number of carbonyl (C=O) groups is 4. The van der Waals surface area contributed by atoms with Gasteiger partial charge in [-0.25, -0.2) is 0 Å². The quantitative estimate of drug-likeness (QED) is 0.370. The topological polar surface area (TPSA) is 108 Å². The summed E-state index contributed by atoms with van der Waals surface area (Å²) in [4.78, 5) is 57.9. The number of furan rings is 1. The number of hydrogen-bond donors (Lipinski definition) is 1. The Balaban J connectivity index is 1.26. The zero-order chi connectivity index (χ0) is 28.2. The number of nitrogens with zero attached hydrogens (tertiary/aromatic N) is 2. The van der Waals surface area contributed by atoms with Crippen LogP contribution in [-0.4, -0.2) is 38.5 Å². The second-order valence-electron chi connectivity index (χ2n) is 11.5. The van der Waals surface area contributed by atoms with Crippen molar-refractivity contribution in [3.8, 4) is 0 Å². The van der Waals surface area contributed by atoms with Crippen LogP contribution >= 0.6 is 0 Å². The fourth-order valence-electron chi connectivity index (χ4n) is 7.53. The molecule has 6 atom stereocenters. The van der Waals surface area contributed by atoms with Gasteiger partial charge in [0.15, 0.2) is 0 Å². The van der Waals surface area contributed by atoms with Crippen LogP contribution in [0.1, 0.15) is 41.4 Å². The van der Waals surface area contributed by atoms with Crippen LogP contribution in [0.5, 0.6) is 0 Å². The molecule has 3 aromatic rings. The first-order valence-corrected chi connectivity index (χ1v) is 14.1. The van der Waals surface area contributed by atoms with E-state index in [1.165, 1.54) is 9.80 Å². The molecule has 3 fully saturated rings. The Bertz CT molecular complexity index is 1560. The van der Waals surface area contributed by atoms with Gasteiger partial charge in [-0.2, -0.15) is 0 Å². The van der Waals surface area contributed by atoms with Gasteiger partial charge in [0.05, 0.1) is 42.7 Å². The van der Waals surface area contributed by atoms with E-state index in [0.717, 1.165) is 16.7 Å². The van der Waals surface area contributed by atoms with Gasteiger partial charge in [0.25, 0.3) is 0 Å². The number of fused-ring (bicyclic) bond motifs is 4. The number of aliphatic hydroxyl groups excluding tert-OH is 1. The zero-order valence-corrected chi connectivity index (χ0v) is 22.4. The number of benzene rings is 2. The highest BCUT2D eigenvalue weighted by Crippen LogP contribution is 2.58. The molecule has 2 saturated heterocycles. The summed E-state index contributed by atoms with van der Waals surface area (Å²) in [6.45, 7) is 0.0993. The third-order valence-corrected chi connectivity index (χ3v) is 9.34. The van der Waals surface area contributed by atoms with E-state index in [-0.39, 0.29) is 49.2 Å². The van der Waals surface area contributed by atoms with E-state index in [1.54, 1.807) is 12.1 Å². The van der Waals surface area contributed by atoms with Crippen molar-refractivity contribution in [1.29, 1.82) is 0 Å². The predicted molar refractivity (Wildman–Crippen MR) is 146 cm³/mol. The Kier molecular flexibility index (Phi) is 6.23. The molecule has 41 heavy (non-hydrogen) atoms. The molecule has 0 spiro atoms. The molecule has 4 amide bonds. The van der Waals surface area contributed by atoms with Crippen LogP contribution in [-0.2, 0) is 38.9 Å². The van der Waals surface area contributed by atoms with Crippen molar-refractivity contribution in [2.24, 2.45) is 29.6 Å². The van der Waals surface area contributed by atoms with Gasteiger partial charge < -0.3 is 9.52 Å². The summed E-state index contributed by atoms with van der Waals surface area (Å²) in [7, 11) is 0. The van der Waals surface area contributed by atoms with E-state index in [4.69, 9.17) is 4.42 Å². The number of hydrogen-bond acceptors (Lipinski definition) is 6. The second-order valence-corrected chi connectivity index (χ2v) is 11.5. The Morgan fingerprint density at radius 1 is 0.683 bits per heavy atom. The molecule has 2 aliphatic carbocycles. The highest BCUT2D eigenvalue weighted by Gasteiger charge is 2.62. The molecule has 208 valence electrons. The van der Waals surface area contributed by atoms with E-state index in [1.807, 2.05) is 66.7 Å². The first kappa shape index (κ1) is 25.7. The molecule has 1 aromatic heterocycles. The first-order chi connectivity index (χ1) is 20.0. The van der Waals surface area contributed by atoms with Gasteiger partial charge in [-0.15, -0.1) is 0 Å². The molecular weight excluding hydrogens is 520 g/mol. The fraction of sp³-hybridized carbons (Fsp3) is 0.333. The maximum atomic E-state index is 13.9. The SMILES string of the molecule is O=C1C2CC=C3C(CC4C(=O)N(Cc5ccccc5)C(=O)C4C3c3ccc(CO)o3)C2C(=O)N1Cc1ccccc1. The maximum Gasteiger partial charge on any atom is 0.234 e. The minimum Gasteiger partial charge on any atom is -0.463 e. The number of likely N-dealkylation sites (tertiary alicyclic amines) is 2. The van der Waals surface area contributed by atoms with Gasteiger partial charge in [-0.05, 0) is 42.0 Å². The minimum atomic E-state index is -0.671. The van der Waals surface area contributed by atoms with Crippen LogP contribution in [0.15, 0.2) is 88.9 Å². The van der Waals surface area contributed by atoms with Crippen molar-refractivity contribution in [1.82, 2.24) is 9.80 Å². The first-order valence-electron chi connectivity index (χ1n) is 14.1. The van der Waals surface area contributed by atoms with Crippen molar-refractivity contribution < 1.29 is 28.7 Å². The lowest BCUT2D eigenvalue weighted by Crippen LogP contribution is -2.42. The van der Waals surface area contributed by atoms with Gasteiger partial charge >= 0.3 is 0 Å².